The average molecular weight is 372 g/mol. The number of hydrogen-bond acceptors (Lipinski definition) is 3. The normalized spacial score (nSPS) is 15.4. The highest BCUT2D eigenvalue weighted by Gasteiger charge is 2.23. The fraction of sp³-hybridized carbons (Fsp3) is 0.522. The summed E-state index contributed by atoms with van der Waals surface area (Å²) < 4.78 is 5.81. The number of rotatable bonds is 11. The molecule has 0 amide bonds. The zero-order valence-electron chi connectivity index (χ0n) is 16.5. The molecule has 4 nitrogen and oxygen atoms in total. The molecule has 0 heterocycles. The van der Waals surface area contributed by atoms with Gasteiger partial charge < -0.3 is 14.7 Å². The van der Waals surface area contributed by atoms with E-state index >= 15 is 0 Å². The maximum atomic E-state index is 10.5. The molecule has 148 valence electrons. The first-order valence-corrected chi connectivity index (χ1v) is 10.2. The maximum Gasteiger partial charge on any atom is 0.303 e. The van der Waals surface area contributed by atoms with Gasteiger partial charge in [0, 0.05) is 23.8 Å². The number of carbonyl (C=O) groups is 1. The van der Waals surface area contributed by atoms with Crippen LogP contribution in [0.5, 0.6) is 5.75 Å². The van der Waals surface area contributed by atoms with Gasteiger partial charge >= 0.3 is 5.97 Å². The van der Waals surface area contributed by atoms with E-state index in [1.54, 1.807) is 0 Å². The first-order valence-electron chi connectivity index (χ1n) is 10.2. The summed E-state index contributed by atoms with van der Waals surface area (Å²) in [5.74, 6) is 0.134. The van der Waals surface area contributed by atoms with Gasteiger partial charge in [-0.15, -0.1) is 0 Å². The number of unbranched alkanes of at least 4 members (excludes halogenated alkanes) is 2. The number of carboxylic acids is 1. The molecule has 0 unspecified atom stereocenters. The molecule has 27 heavy (non-hydrogen) atoms. The summed E-state index contributed by atoms with van der Waals surface area (Å²) in [5.41, 5.74) is 2.35. The number of nitrogens with zero attached hydrogens (tertiary/aromatic N) is 1. The molecular formula is C23H33NO3. The van der Waals surface area contributed by atoms with E-state index in [4.69, 9.17) is 9.84 Å². The number of aliphatic carboxylic acids is 1. The van der Waals surface area contributed by atoms with Crippen molar-refractivity contribution in [1.82, 2.24) is 0 Å². The molecule has 1 N–H and O–H groups in total. The van der Waals surface area contributed by atoms with Gasteiger partial charge in [0.15, 0.2) is 0 Å². The Balaban J connectivity index is 1.93. The predicted octanol–water partition coefficient (Wildman–Crippen LogP) is 5.94. The Hall–Kier alpha value is -2.23. The second kappa shape index (κ2) is 11.5. The molecule has 1 fully saturated rings. The van der Waals surface area contributed by atoms with Crippen molar-refractivity contribution < 1.29 is 14.6 Å². The van der Waals surface area contributed by atoms with E-state index in [1.807, 2.05) is 18.2 Å². The van der Waals surface area contributed by atoms with E-state index in [-0.39, 0.29) is 6.42 Å². The molecule has 0 atom stereocenters. The van der Waals surface area contributed by atoms with Crippen LogP contribution in [0.3, 0.4) is 0 Å². The van der Waals surface area contributed by atoms with Gasteiger partial charge in [0.2, 0.25) is 0 Å². The van der Waals surface area contributed by atoms with Crippen LogP contribution in [-0.4, -0.2) is 23.7 Å². The molecule has 1 aliphatic rings. The van der Waals surface area contributed by atoms with Crippen LogP contribution in [0.25, 0.3) is 0 Å². The lowest BCUT2D eigenvalue weighted by Gasteiger charge is -2.37. The molecule has 1 aromatic carbocycles. The lowest BCUT2D eigenvalue weighted by molar-refractivity contribution is -0.137. The molecular weight excluding hydrogens is 338 g/mol. The van der Waals surface area contributed by atoms with Crippen molar-refractivity contribution in [1.29, 1.82) is 0 Å². The quantitative estimate of drug-likeness (QED) is 0.386. The van der Waals surface area contributed by atoms with Gasteiger partial charge in [0.25, 0.3) is 0 Å². The van der Waals surface area contributed by atoms with E-state index in [9.17, 15) is 4.79 Å². The van der Waals surface area contributed by atoms with Crippen LogP contribution in [0, 0.1) is 0 Å². The summed E-state index contributed by atoms with van der Waals surface area (Å²) in [6.45, 7) is 6.68. The Morgan fingerprint density at radius 1 is 1.19 bits per heavy atom. The molecule has 0 spiro atoms. The van der Waals surface area contributed by atoms with E-state index < -0.39 is 5.97 Å². The van der Waals surface area contributed by atoms with Gasteiger partial charge in [-0.3, -0.25) is 4.79 Å². The van der Waals surface area contributed by atoms with E-state index in [2.05, 4.69) is 36.6 Å². The van der Waals surface area contributed by atoms with Crippen LogP contribution in [0.2, 0.25) is 0 Å². The Morgan fingerprint density at radius 3 is 2.48 bits per heavy atom. The molecule has 1 aliphatic carbocycles. The Labute approximate surface area is 163 Å². The van der Waals surface area contributed by atoms with Crippen LogP contribution >= 0.6 is 0 Å². The van der Waals surface area contributed by atoms with Gasteiger partial charge in [-0.1, -0.05) is 31.9 Å². The fourth-order valence-electron chi connectivity index (χ4n) is 3.71. The molecule has 1 saturated carbocycles. The van der Waals surface area contributed by atoms with Crippen LogP contribution < -0.4 is 9.64 Å². The summed E-state index contributed by atoms with van der Waals surface area (Å²) >= 11 is 0. The summed E-state index contributed by atoms with van der Waals surface area (Å²) in [6, 6.07) is 8.84. The van der Waals surface area contributed by atoms with Crippen LogP contribution in [0.4, 0.5) is 5.69 Å². The van der Waals surface area contributed by atoms with E-state index in [0.29, 0.717) is 19.1 Å². The van der Waals surface area contributed by atoms with Crippen LogP contribution in [0.15, 0.2) is 48.7 Å². The topological polar surface area (TPSA) is 49.8 Å². The van der Waals surface area contributed by atoms with Crippen molar-refractivity contribution in [3.05, 3.63) is 48.7 Å². The minimum absolute atomic E-state index is 0.238. The van der Waals surface area contributed by atoms with Gasteiger partial charge in [-0.25, -0.2) is 0 Å². The fourth-order valence-corrected chi connectivity index (χ4v) is 3.71. The molecule has 0 aromatic heterocycles. The first-order chi connectivity index (χ1) is 13.2. The highest BCUT2D eigenvalue weighted by Crippen LogP contribution is 2.32. The summed E-state index contributed by atoms with van der Waals surface area (Å²) in [6.07, 6.45) is 13.1. The molecule has 0 saturated heterocycles. The molecule has 2 rings (SSSR count). The molecule has 0 bridgehead atoms. The minimum atomic E-state index is -0.728. The van der Waals surface area contributed by atoms with Crippen LogP contribution in [0.1, 0.15) is 64.7 Å². The standard InChI is InChI=1S/C23H33NO3/c1-3-19(4-2)24(20-11-7-5-8-12-20)21-14-16-22(17-15-21)27-18-10-6-9-13-23(25)26/h3-4,14-17,20H,1,5-13,18H2,2H3,(H,25,26)/b19-4+. The monoisotopic (exact) mass is 371 g/mol. The van der Waals surface area contributed by atoms with Crippen molar-refractivity contribution in [2.24, 2.45) is 0 Å². The largest absolute Gasteiger partial charge is 0.494 e. The van der Waals surface area contributed by atoms with Crippen molar-refractivity contribution in [2.75, 3.05) is 11.5 Å². The summed E-state index contributed by atoms with van der Waals surface area (Å²) in [7, 11) is 0. The Kier molecular flexibility index (Phi) is 8.96. The predicted molar refractivity (Wildman–Crippen MR) is 111 cm³/mol. The van der Waals surface area contributed by atoms with Crippen molar-refractivity contribution in [3.63, 3.8) is 0 Å². The smallest absolute Gasteiger partial charge is 0.303 e. The zero-order valence-corrected chi connectivity index (χ0v) is 16.5. The average Bonchev–Trinajstić information content (AvgIpc) is 2.70. The number of ether oxygens (including phenoxy) is 1. The van der Waals surface area contributed by atoms with Gasteiger partial charge in [0.1, 0.15) is 5.75 Å². The maximum absolute atomic E-state index is 10.5. The highest BCUT2D eigenvalue weighted by atomic mass is 16.5. The number of anilines is 1. The number of carboxylic acid groups (broad SMARTS) is 1. The van der Waals surface area contributed by atoms with E-state index in [1.165, 1.54) is 37.8 Å². The van der Waals surface area contributed by atoms with Crippen molar-refractivity contribution in [3.8, 4) is 5.75 Å². The van der Waals surface area contributed by atoms with E-state index in [0.717, 1.165) is 24.3 Å². The third-order valence-corrected chi connectivity index (χ3v) is 5.14. The lowest BCUT2D eigenvalue weighted by atomic mass is 9.93. The lowest BCUT2D eigenvalue weighted by Crippen LogP contribution is -2.35. The number of allylic oxidation sites excluding steroid dienone is 2. The molecule has 4 heteroatoms. The van der Waals surface area contributed by atoms with Gasteiger partial charge in [-0.05, 0) is 69.4 Å². The second-order valence-corrected chi connectivity index (χ2v) is 7.13. The third-order valence-electron chi connectivity index (χ3n) is 5.14. The van der Waals surface area contributed by atoms with Crippen molar-refractivity contribution in [2.45, 2.75) is 70.8 Å². The second-order valence-electron chi connectivity index (χ2n) is 7.13. The minimum Gasteiger partial charge on any atom is -0.494 e. The summed E-state index contributed by atoms with van der Waals surface area (Å²) in [5, 5.41) is 8.64. The number of hydrogen-bond donors (Lipinski definition) is 1. The van der Waals surface area contributed by atoms with Gasteiger partial charge in [-0.2, -0.15) is 0 Å². The third kappa shape index (κ3) is 6.78. The molecule has 1 aromatic rings. The Morgan fingerprint density at radius 2 is 1.89 bits per heavy atom. The highest BCUT2D eigenvalue weighted by molar-refractivity contribution is 5.66. The van der Waals surface area contributed by atoms with Crippen LogP contribution in [-0.2, 0) is 4.79 Å². The van der Waals surface area contributed by atoms with Crippen molar-refractivity contribution >= 4 is 11.7 Å². The molecule has 0 aliphatic heterocycles. The number of benzene rings is 1. The van der Waals surface area contributed by atoms with Gasteiger partial charge in [0.05, 0.1) is 6.61 Å². The SMILES string of the molecule is C=C/C(=C\C)N(c1ccc(OCCCCCC(=O)O)cc1)C1CCCCC1. The summed E-state index contributed by atoms with van der Waals surface area (Å²) in [4.78, 5) is 12.9. The molecule has 0 radical (unpaired) electrons. The zero-order chi connectivity index (χ0) is 19.5. The first kappa shape index (κ1) is 21.1. The Bertz CT molecular complexity index is 615.